The molecule has 0 fully saturated rings. The van der Waals surface area contributed by atoms with Crippen molar-refractivity contribution in [2.45, 2.75) is 32.7 Å². The Morgan fingerprint density at radius 1 is 1.04 bits per heavy atom. The van der Waals surface area contributed by atoms with Gasteiger partial charge in [-0.2, -0.15) is 0 Å². The molecule has 1 aromatic heterocycles. The average molecular weight is 334 g/mol. The van der Waals surface area contributed by atoms with Gasteiger partial charge in [-0.15, -0.1) is 0 Å². The highest BCUT2D eigenvalue weighted by Gasteiger charge is 2.14. The van der Waals surface area contributed by atoms with E-state index in [-0.39, 0.29) is 11.3 Å². The van der Waals surface area contributed by atoms with Crippen LogP contribution in [0.2, 0.25) is 0 Å². The molecule has 0 saturated carbocycles. The summed E-state index contributed by atoms with van der Waals surface area (Å²) in [5, 5.41) is 6.92. The summed E-state index contributed by atoms with van der Waals surface area (Å²) in [5.74, 6) is 0.497. The van der Waals surface area contributed by atoms with E-state index in [1.165, 1.54) is 5.56 Å². The first-order valence-corrected chi connectivity index (χ1v) is 8.33. The standard InChI is InChI=1S/C21H22N2O2/c1-21(2,3)17-11-9-16(10-12-17)20(24)22-14-18-13-19(23-25-18)15-7-5-4-6-8-15/h4-13H,14H2,1-3H3,(H,22,24). The molecule has 0 aliphatic heterocycles. The number of amides is 1. The van der Waals surface area contributed by atoms with Crippen molar-refractivity contribution in [2.75, 3.05) is 0 Å². The Kier molecular flexibility index (Phi) is 4.70. The second kappa shape index (κ2) is 6.93. The predicted molar refractivity (Wildman–Crippen MR) is 98.3 cm³/mol. The Hall–Kier alpha value is -2.88. The number of aromatic nitrogens is 1. The number of nitrogens with zero attached hydrogens (tertiary/aromatic N) is 1. The summed E-state index contributed by atoms with van der Waals surface area (Å²) < 4.78 is 5.30. The monoisotopic (exact) mass is 334 g/mol. The Bertz CT molecular complexity index is 844. The summed E-state index contributed by atoms with van der Waals surface area (Å²) in [6.07, 6.45) is 0. The van der Waals surface area contributed by atoms with Crippen LogP contribution in [0.15, 0.2) is 65.2 Å². The molecule has 0 aliphatic carbocycles. The number of nitrogens with one attached hydrogen (secondary N) is 1. The number of rotatable bonds is 4. The van der Waals surface area contributed by atoms with E-state index in [1.807, 2.05) is 60.7 Å². The Morgan fingerprint density at radius 2 is 1.72 bits per heavy atom. The van der Waals surface area contributed by atoms with Gasteiger partial charge in [0.25, 0.3) is 5.91 Å². The van der Waals surface area contributed by atoms with Gasteiger partial charge in [0.2, 0.25) is 0 Å². The molecule has 1 heterocycles. The van der Waals surface area contributed by atoms with Gasteiger partial charge in [0.05, 0.1) is 6.54 Å². The van der Waals surface area contributed by atoms with Crippen LogP contribution in [0.1, 0.15) is 42.5 Å². The van der Waals surface area contributed by atoms with E-state index >= 15 is 0 Å². The molecule has 0 aliphatic rings. The smallest absolute Gasteiger partial charge is 0.251 e. The van der Waals surface area contributed by atoms with Gasteiger partial charge in [0.15, 0.2) is 5.76 Å². The van der Waals surface area contributed by atoms with E-state index in [0.29, 0.717) is 17.9 Å². The fourth-order valence-corrected chi connectivity index (χ4v) is 2.53. The minimum absolute atomic E-state index is 0.0721. The fraction of sp³-hybridized carbons (Fsp3) is 0.238. The van der Waals surface area contributed by atoms with Crippen LogP contribution in [0.5, 0.6) is 0 Å². The van der Waals surface area contributed by atoms with E-state index in [9.17, 15) is 4.79 Å². The van der Waals surface area contributed by atoms with Crippen molar-refractivity contribution in [3.05, 3.63) is 77.6 Å². The second-order valence-corrected chi connectivity index (χ2v) is 7.05. The van der Waals surface area contributed by atoms with Crippen molar-refractivity contribution < 1.29 is 9.32 Å². The topological polar surface area (TPSA) is 55.1 Å². The molecule has 4 nitrogen and oxygen atoms in total. The number of carbonyl (C=O) groups excluding carboxylic acids is 1. The summed E-state index contributed by atoms with van der Waals surface area (Å²) in [5.41, 5.74) is 3.66. The molecule has 0 spiro atoms. The zero-order valence-electron chi connectivity index (χ0n) is 14.7. The van der Waals surface area contributed by atoms with Gasteiger partial charge in [-0.25, -0.2) is 0 Å². The molecule has 0 bridgehead atoms. The Morgan fingerprint density at radius 3 is 2.36 bits per heavy atom. The zero-order valence-corrected chi connectivity index (χ0v) is 14.7. The summed E-state index contributed by atoms with van der Waals surface area (Å²) >= 11 is 0. The van der Waals surface area contributed by atoms with Crippen LogP contribution in [-0.2, 0) is 12.0 Å². The maximum atomic E-state index is 12.3. The molecule has 25 heavy (non-hydrogen) atoms. The largest absolute Gasteiger partial charge is 0.359 e. The van der Waals surface area contributed by atoms with Gasteiger partial charge in [0.1, 0.15) is 5.69 Å². The first-order chi connectivity index (χ1) is 11.9. The maximum absolute atomic E-state index is 12.3. The van der Waals surface area contributed by atoms with Gasteiger partial charge < -0.3 is 9.84 Å². The summed E-state index contributed by atoms with van der Waals surface area (Å²) in [7, 11) is 0. The van der Waals surface area contributed by atoms with E-state index in [4.69, 9.17) is 4.52 Å². The van der Waals surface area contributed by atoms with Crippen molar-refractivity contribution in [3.63, 3.8) is 0 Å². The fourth-order valence-electron chi connectivity index (χ4n) is 2.53. The number of benzene rings is 2. The van der Waals surface area contributed by atoms with Crippen molar-refractivity contribution in [3.8, 4) is 11.3 Å². The van der Waals surface area contributed by atoms with Crippen LogP contribution in [-0.4, -0.2) is 11.1 Å². The van der Waals surface area contributed by atoms with E-state index in [1.54, 1.807) is 0 Å². The molecule has 0 unspecified atom stereocenters. The lowest BCUT2D eigenvalue weighted by molar-refractivity contribution is 0.0947. The van der Waals surface area contributed by atoms with Crippen LogP contribution in [0.25, 0.3) is 11.3 Å². The molecule has 3 rings (SSSR count). The lowest BCUT2D eigenvalue weighted by Gasteiger charge is -2.19. The highest BCUT2D eigenvalue weighted by molar-refractivity contribution is 5.94. The van der Waals surface area contributed by atoms with Crippen LogP contribution in [0.3, 0.4) is 0 Å². The van der Waals surface area contributed by atoms with Crippen molar-refractivity contribution in [1.29, 1.82) is 0 Å². The van der Waals surface area contributed by atoms with Crippen LogP contribution in [0.4, 0.5) is 0 Å². The average Bonchev–Trinajstić information content (AvgIpc) is 3.09. The van der Waals surface area contributed by atoms with Crippen molar-refractivity contribution >= 4 is 5.91 Å². The van der Waals surface area contributed by atoms with Crippen LogP contribution < -0.4 is 5.32 Å². The molecule has 0 saturated heterocycles. The maximum Gasteiger partial charge on any atom is 0.251 e. The minimum Gasteiger partial charge on any atom is -0.359 e. The van der Waals surface area contributed by atoms with Crippen molar-refractivity contribution in [1.82, 2.24) is 10.5 Å². The lowest BCUT2D eigenvalue weighted by atomic mass is 9.87. The molecule has 128 valence electrons. The van der Waals surface area contributed by atoms with E-state index in [0.717, 1.165) is 11.3 Å². The van der Waals surface area contributed by atoms with Crippen LogP contribution in [0, 0.1) is 0 Å². The van der Waals surface area contributed by atoms with Gasteiger partial charge in [-0.1, -0.05) is 68.4 Å². The Balaban J connectivity index is 1.62. The molecule has 0 radical (unpaired) electrons. The highest BCUT2D eigenvalue weighted by Crippen LogP contribution is 2.22. The number of hydrogen-bond acceptors (Lipinski definition) is 3. The first-order valence-electron chi connectivity index (χ1n) is 8.33. The minimum atomic E-state index is -0.127. The van der Waals surface area contributed by atoms with Crippen LogP contribution >= 0.6 is 0 Å². The SMILES string of the molecule is CC(C)(C)c1ccc(C(=O)NCc2cc(-c3ccccc3)no2)cc1. The molecular formula is C21H22N2O2. The molecule has 2 aromatic carbocycles. The molecule has 3 aromatic rings. The second-order valence-electron chi connectivity index (χ2n) is 7.05. The third-order valence-electron chi connectivity index (χ3n) is 4.06. The third-order valence-corrected chi connectivity index (χ3v) is 4.06. The molecule has 1 amide bonds. The third kappa shape index (κ3) is 4.15. The zero-order chi connectivity index (χ0) is 17.9. The summed E-state index contributed by atoms with van der Waals surface area (Å²) in [6.45, 7) is 6.75. The summed E-state index contributed by atoms with van der Waals surface area (Å²) in [6, 6.07) is 19.3. The van der Waals surface area contributed by atoms with E-state index in [2.05, 4.69) is 31.2 Å². The predicted octanol–water partition coefficient (Wildman–Crippen LogP) is 4.57. The number of carbonyl (C=O) groups is 1. The molecule has 0 atom stereocenters. The van der Waals surface area contributed by atoms with Gasteiger partial charge >= 0.3 is 0 Å². The lowest BCUT2D eigenvalue weighted by Crippen LogP contribution is -2.22. The first kappa shape index (κ1) is 17.0. The molecule has 1 N–H and O–H groups in total. The normalized spacial score (nSPS) is 11.3. The van der Waals surface area contributed by atoms with E-state index < -0.39 is 0 Å². The van der Waals surface area contributed by atoms with Crippen molar-refractivity contribution in [2.24, 2.45) is 0 Å². The number of hydrogen-bond donors (Lipinski definition) is 1. The molecule has 4 heteroatoms. The summed E-state index contributed by atoms with van der Waals surface area (Å²) in [4.78, 5) is 12.3. The Labute approximate surface area is 147 Å². The van der Waals surface area contributed by atoms with Gasteiger partial charge in [-0.3, -0.25) is 4.79 Å². The highest BCUT2D eigenvalue weighted by atomic mass is 16.5. The van der Waals surface area contributed by atoms with Gasteiger partial charge in [-0.05, 0) is 23.1 Å². The quantitative estimate of drug-likeness (QED) is 0.760. The van der Waals surface area contributed by atoms with Gasteiger partial charge in [0, 0.05) is 17.2 Å². The molecular weight excluding hydrogens is 312 g/mol.